The molecule has 2 heterocycles. The van der Waals surface area contributed by atoms with Gasteiger partial charge in [0.15, 0.2) is 0 Å². The van der Waals surface area contributed by atoms with Crippen LogP contribution in [0.1, 0.15) is 5.56 Å². The average Bonchev–Trinajstić information content (AvgIpc) is 3.10. The van der Waals surface area contributed by atoms with Crippen molar-refractivity contribution in [3.8, 4) is 0 Å². The number of anilines is 2. The van der Waals surface area contributed by atoms with Gasteiger partial charge in [-0.1, -0.05) is 34.1 Å². The van der Waals surface area contributed by atoms with Crippen molar-refractivity contribution in [3.05, 3.63) is 69.8 Å². The summed E-state index contributed by atoms with van der Waals surface area (Å²) in [6, 6.07) is 13.8. The Labute approximate surface area is 162 Å². The lowest BCUT2D eigenvalue weighted by atomic mass is 9.87. The third kappa shape index (κ3) is 2.52. The Kier molecular flexibility index (Phi) is 4.00. The predicted octanol–water partition coefficient (Wildman–Crippen LogP) is 2.69. The quantitative estimate of drug-likeness (QED) is 0.729. The number of rotatable bonds is 3. The Morgan fingerprint density at radius 1 is 1.19 bits per heavy atom. The van der Waals surface area contributed by atoms with Crippen molar-refractivity contribution in [2.24, 2.45) is 0 Å². The Hall–Kier alpha value is -3.13. The molecule has 1 amide bonds. The fraction of sp³-hybridized carbons (Fsp3) is 0.105. The highest BCUT2D eigenvalue weighted by Gasteiger charge is 2.62. The van der Waals surface area contributed by atoms with Crippen molar-refractivity contribution < 1.29 is 23.9 Å². The Balaban J connectivity index is 1.94. The number of fused-ring (bicyclic) bond motifs is 2. The summed E-state index contributed by atoms with van der Waals surface area (Å²) in [7, 11) is 1.18. The number of hydrogen-bond donors (Lipinski definition) is 2. The second-order valence-corrected chi connectivity index (χ2v) is 6.86. The molecule has 8 heteroatoms. The van der Waals surface area contributed by atoms with Gasteiger partial charge in [0.25, 0.3) is 11.5 Å². The van der Waals surface area contributed by atoms with Gasteiger partial charge in [0.05, 0.1) is 7.11 Å². The van der Waals surface area contributed by atoms with E-state index in [-0.39, 0.29) is 11.3 Å². The van der Waals surface area contributed by atoms with E-state index in [2.05, 4.69) is 26.6 Å². The molecule has 0 fully saturated rings. The fourth-order valence-corrected chi connectivity index (χ4v) is 3.61. The number of hydrogen-bond acceptors (Lipinski definition) is 6. The molecule has 2 N–H and O–H groups in total. The summed E-state index contributed by atoms with van der Waals surface area (Å²) >= 11 is 3.35. The first-order valence-corrected chi connectivity index (χ1v) is 8.76. The molecule has 27 heavy (non-hydrogen) atoms. The van der Waals surface area contributed by atoms with Crippen LogP contribution in [0.15, 0.2) is 64.3 Å². The lowest BCUT2D eigenvalue weighted by Gasteiger charge is -2.22. The molecule has 1 atom stereocenters. The number of halogens is 1. The van der Waals surface area contributed by atoms with Crippen LogP contribution < -0.4 is 10.6 Å². The molecule has 0 aromatic heterocycles. The molecular weight excluding hydrogens is 416 g/mol. The first-order chi connectivity index (χ1) is 13.0. The van der Waals surface area contributed by atoms with Crippen LogP contribution in [0.4, 0.5) is 11.4 Å². The van der Waals surface area contributed by atoms with Crippen LogP contribution in [0, 0.1) is 0 Å². The third-order valence-electron chi connectivity index (χ3n) is 4.41. The average molecular weight is 429 g/mol. The van der Waals surface area contributed by atoms with Crippen molar-refractivity contribution in [2.75, 3.05) is 17.7 Å². The van der Waals surface area contributed by atoms with Crippen molar-refractivity contribution in [2.45, 2.75) is 5.60 Å². The van der Waals surface area contributed by atoms with E-state index in [1.807, 2.05) is 6.07 Å². The largest absolute Gasteiger partial charge is 0.465 e. The van der Waals surface area contributed by atoms with Gasteiger partial charge in [-0.25, -0.2) is 9.59 Å². The van der Waals surface area contributed by atoms with Crippen LogP contribution in [0.25, 0.3) is 0 Å². The standard InChI is InChI=1S/C19H13BrN2O5/c1-26-16(23)14-15(21-11-5-3-2-4-6-11)17(24)27-19(14)12-9-10(20)7-8-13(12)22-18(19)25/h2-9,21H,1H3,(H,22,25). The summed E-state index contributed by atoms with van der Waals surface area (Å²) in [5.74, 6) is -2.28. The normalized spacial score (nSPS) is 20.4. The summed E-state index contributed by atoms with van der Waals surface area (Å²) < 4.78 is 11.1. The van der Waals surface area contributed by atoms with Gasteiger partial charge in [-0.3, -0.25) is 4.79 Å². The Morgan fingerprint density at radius 2 is 1.93 bits per heavy atom. The van der Waals surface area contributed by atoms with Crippen LogP contribution in [0.2, 0.25) is 0 Å². The molecule has 0 saturated carbocycles. The van der Waals surface area contributed by atoms with E-state index < -0.39 is 23.4 Å². The number of para-hydroxylation sites is 1. The smallest absolute Gasteiger partial charge is 0.357 e. The minimum atomic E-state index is -1.90. The van der Waals surface area contributed by atoms with E-state index in [9.17, 15) is 14.4 Å². The van der Waals surface area contributed by atoms with Crippen molar-refractivity contribution in [1.29, 1.82) is 0 Å². The number of ether oxygens (including phenoxy) is 2. The van der Waals surface area contributed by atoms with Gasteiger partial charge in [0.1, 0.15) is 11.3 Å². The van der Waals surface area contributed by atoms with Crippen LogP contribution in [-0.4, -0.2) is 25.0 Å². The molecular formula is C19H13BrN2O5. The van der Waals surface area contributed by atoms with E-state index in [0.717, 1.165) is 0 Å². The fourth-order valence-electron chi connectivity index (χ4n) is 3.25. The van der Waals surface area contributed by atoms with Gasteiger partial charge in [-0.15, -0.1) is 0 Å². The topological polar surface area (TPSA) is 93.7 Å². The van der Waals surface area contributed by atoms with Crippen LogP contribution >= 0.6 is 15.9 Å². The molecule has 0 aliphatic carbocycles. The van der Waals surface area contributed by atoms with E-state index in [1.54, 1.807) is 42.5 Å². The maximum absolute atomic E-state index is 12.9. The number of carbonyl (C=O) groups excluding carboxylic acids is 3. The van der Waals surface area contributed by atoms with Crippen LogP contribution in [0.5, 0.6) is 0 Å². The summed E-state index contributed by atoms with van der Waals surface area (Å²) in [5.41, 5.74) is -0.834. The first-order valence-electron chi connectivity index (χ1n) is 7.97. The van der Waals surface area contributed by atoms with E-state index in [4.69, 9.17) is 9.47 Å². The minimum Gasteiger partial charge on any atom is -0.465 e. The highest BCUT2D eigenvalue weighted by molar-refractivity contribution is 9.10. The van der Waals surface area contributed by atoms with Gasteiger partial charge in [-0.05, 0) is 30.3 Å². The molecule has 2 aliphatic heterocycles. The monoisotopic (exact) mass is 428 g/mol. The van der Waals surface area contributed by atoms with Crippen LogP contribution in [0.3, 0.4) is 0 Å². The number of nitrogens with one attached hydrogen (secondary N) is 2. The van der Waals surface area contributed by atoms with Crippen molar-refractivity contribution in [1.82, 2.24) is 0 Å². The highest BCUT2D eigenvalue weighted by Crippen LogP contribution is 2.50. The molecule has 4 rings (SSSR count). The molecule has 0 saturated heterocycles. The van der Waals surface area contributed by atoms with Crippen LogP contribution in [-0.2, 0) is 29.5 Å². The molecule has 0 bridgehead atoms. The number of methoxy groups -OCH3 is 1. The van der Waals surface area contributed by atoms with Gasteiger partial charge in [-0.2, -0.15) is 0 Å². The zero-order chi connectivity index (χ0) is 19.2. The summed E-state index contributed by atoms with van der Waals surface area (Å²) in [6.07, 6.45) is 0. The maximum Gasteiger partial charge on any atom is 0.357 e. The SMILES string of the molecule is COC(=O)C1=C(Nc2ccccc2)C(=O)OC12C(=O)Nc1ccc(Br)cc12. The molecule has 0 radical (unpaired) electrons. The summed E-state index contributed by atoms with van der Waals surface area (Å²) in [6.45, 7) is 0. The van der Waals surface area contributed by atoms with Crippen molar-refractivity contribution in [3.63, 3.8) is 0 Å². The van der Waals surface area contributed by atoms with Crippen molar-refractivity contribution >= 4 is 45.2 Å². The molecule has 2 aromatic carbocycles. The lowest BCUT2D eigenvalue weighted by molar-refractivity contribution is -0.156. The van der Waals surface area contributed by atoms with E-state index in [1.165, 1.54) is 7.11 Å². The lowest BCUT2D eigenvalue weighted by Crippen LogP contribution is -2.39. The second kappa shape index (κ2) is 6.24. The predicted molar refractivity (Wildman–Crippen MR) is 99.6 cm³/mol. The van der Waals surface area contributed by atoms with Gasteiger partial charge in [0.2, 0.25) is 0 Å². The Bertz CT molecular complexity index is 1020. The summed E-state index contributed by atoms with van der Waals surface area (Å²) in [4.78, 5) is 38.2. The third-order valence-corrected chi connectivity index (χ3v) is 4.91. The second-order valence-electron chi connectivity index (χ2n) is 5.95. The van der Waals surface area contributed by atoms with Gasteiger partial charge >= 0.3 is 11.9 Å². The molecule has 136 valence electrons. The first kappa shape index (κ1) is 17.3. The molecule has 1 spiro atoms. The number of esters is 2. The number of amides is 1. The van der Waals surface area contributed by atoms with Gasteiger partial charge in [0, 0.05) is 21.4 Å². The summed E-state index contributed by atoms with van der Waals surface area (Å²) in [5, 5.41) is 5.55. The maximum atomic E-state index is 12.9. The number of benzene rings is 2. The van der Waals surface area contributed by atoms with E-state index in [0.29, 0.717) is 21.4 Å². The van der Waals surface area contributed by atoms with Gasteiger partial charge < -0.3 is 20.1 Å². The van der Waals surface area contributed by atoms with E-state index >= 15 is 0 Å². The zero-order valence-electron chi connectivity index (χ0n) is 14.0. The molecule has 2 aliphatic rings. The zero-order valence-corrected chi connectivity index (χ0v) is 15.6. The molecule has 7 nitrogen and oxygen atoms in total. The Morgan fingerprint density at radius 3 is 2.63 bits per heavy atom. The highest BCUT2D eigenvalue weighted by atomic mass is 79.9. The molecule has 2 aromatic rings. The number of carbonyl (C=O) groups is 3. The minimum absolute atomic E-state index is 0.129. The molecule has 1 unspecified atom stereocenters.